The lowest BCUT2D eigenvalue weighted by Gasteiger charge is -2.12. The second-order valence-electron chi connectivity index (χ2n) is 4.67. The van der Waals surface area contributed by atoms with Crippen LogP contribution in [0.1, 0.15) is 16.7 Å². The molecule has 20 heavy (non-hydrogen) atoms. The third-order valence-electron chi connectivity index (χ3n) is 3.10. The van der Waals surface area contributed by atoms with E-state index in [9.17, 15) is 8.42 Å². The largest absolute Gasteiger partial charge is 0.377 e. The summed E-state index contributed by atoms with van der Waals surface area (Å²) in [7, 11) is -3.89. The van der Waals surface area contributed by atoms with Crippen molar-refractivity contribution in [1.82, 2.24) is 0 Å². The second kappa shape index (κ2) is 5.46. The third-order valence-corrected chi connectivity index (χ3v) is 4.79. The van der Waals surface area contributed by atoms with Crippen LogP contribution in [-0.2, 0) is 10.1 Å². The highest BCUT2D eigenvalue weighted by Gasteiger charge is 2.21. The van der Waals surface area contributed by atoms with Gasteiger partial charge in [0, 0.05) is 0 Å². The molecule has 0 aromatic heterocycles. The number of rotatable bonds is 3. The molecular formula is C15H15ClO3S. The van der Waals surface area contributed by atoms with E-state index in [0.29, 0.717) is 5.56 Å². The summed E-state index contributed by atoms with van der Waals surface area (Å²) in [5, 5.41) is 0.262. The van der Waals surface area contributed by atoms with Crippen molar-refractivity contribution in [1.29, 1.82) is 0 Å². The highest BCUT2D eigenvalue weighted by molar-refractivity contribution is 7.87. The van der Waals surface area contributed by atoms with Crippen LogP contribution in [0.5, 0.6) is 5.75 Å². The minimum atomic E-state index is -3.89. The first-order valence-corrected chi connectivity index (χ1v) is 7.87. The van der Waals surface area contributed by atoms with Gasteiger partial charge in [-0.25, -0.2) is 0 Å². The number of hydrogen-bond acceptors (Lipinski definition) is 3. The fraction of sp³-hybridized carbons (Fsp3) is 0.200. The molecule has 0 N–H and O–H groups in total. The van der Waals surface area contributed by atoms with E-state index >= 15 is 0 Å². The SMILES string of the molecule is Cc1cc(C)c(S(=O)(=O)Oc2ccccc2Cl)cc1C. The normalized spacial score (nSPS) is 11.4. The molecule has 0 fully saturated rings. The van der Waals surface area contributed by atoms with Gasteiger partial charge in [-0.15, -0.1) is 0 Å². The summed E-state index contributed by atoms with van der Waals surface area (Å²) >= 11 is 5.92. The molecule has 0 aliphatic carbocycles. The molecule has 2 aromatic carbocycles. The molecule has 0 saturated carbocycles. The summed E-state index contributed by atoms with van der Waals surface area (Å²) in [6.07, 6.45) is 0. The number of hydrogen-bond donors (Lipinski definition) is 0. The highest BCUT2D eigenvalue weighted by atomic mass is 35.5. The van der Waals surface area contributed by atoms with Gasteiger partial charge in [-0.1, -0.05) is 29.8 Å². The molecule has 0 aliphatic rings. The van der Waals surface area contributed by atoms with Crippen molar-refractivity contribution in [3.8, 4) is 5.75 Å². The van der Waals surface area contributed by atoms with E-state index in [2.05, 4.69) is 0 Å². The Kier molecular flexibility index (Phi) is 4.06. The van der Waals surface area contributed by atoms with Crippen LogP contribution in [0.4, 0.5) is 0 Å². The van der Waals surface area contributed by atoms with E-state index in [4.69, 9.17) is 15.8 Å². The molecule has 0 saturated heterocycles. The van der Waals surface area contributed by atoms with Crippen LogP contribution >= 0.6 is 11.6 Å². The Balaban J connectivity index is 2.47. The van der Waals surface area contributed by atoms with Gasteiger partial charge in [-0.3, -0.25) is 0 Å². The van der Waals surface area contributed by atoms with E-state index in [0.717, 1.165) is 11.1 Å². The number of aryl methyl sites for hydroxylation is 3. The lowest BCUT2D eigenvalue weighted by atomic mass is 10.1. The van der Waals surface area contributed by atoms with Gasteiger partial charge in [-0.2, -0.15) is 8.42 Å². The predicted molar refractivity (Wildman–Crippen MR) is 79.9 cm³/mol. The zero-order valence-corrected chi connectivity index (χ0v) is 13.0. The Morgan fingerprint density at radius 3 is 2.20 bits per heavy atom. The van der Waals surface area contributed by atoms with Gasteiger partial charge in [0.25, 0.3) is 0 Å². The Morgan fingerprint density at radius 1 is 0.950 bits per heavy atom. The van der Waals surface area contributed by atoms with Gasteiger partial charge in [0.05, 0.1) is 5.02 Å². The van der Waals surface area contributed by atoms with Gasteiger partial charge < -0.3 is 4.18 Å². The van der Waals surface area contributed by atoms with Crippen LogP contribution in [0, 0.1) is 20.8 Å². The van der Waals surface area contributed by atoms with Gasteiger partial charge in [-0.05, 0) is 55.7 Å². The molecule has 106 valence electrons. The van der Waals surface area contributed by atoms with E-state index in [1.165, 1.54) is 6.07 Å². The number of halogens is 1. The summed E-state index contributed by atoms with van der Waals surface area (Å²) in [5.74, 6) is 0.131. The first-order chi connectivity index (χ1) is 9.31. The van der Waals surface area contributed by atoms with Crippen LogP contribution in [-0.4, -0.2) is 8.42 Å². The molecule has 3 nitrogen and oxygen atoms in total. The molecule has 0 radical (unpaired) electrons. The Labute approximate surface area is 124 Å². The van der Waals surface area contributed by atoms with Crippen molar-refractivity contribution in [2.75, 3.05) is 0 Å². The van der Waals surface area contributed by atoms with Crippen molar-refractivity contribution in [3.63, 3.8) is 0 Å². The first-order valence-electron chi connectivity index (χ1n) is 6.08. The van der Waals surface area contributed by atoms with Crippen LogP contribution < -0.4 is 4.18 Å². The molecule has 0 heterocycles. The van der Waals surface area contributed by atoms with E-state index in [1.807, 2.05) is 19.9 Å². The topological polar surface area (TPSA) is 43.4 Å². The van der Waals surface area contributed by atoms with Crippen LogP contribution in [0.25, 0.3) is 0 Å². The van der Waals surface area contributed by atoms with E-state index < -0.39 is 10.1 Å². The van der Waals surface area contributed by atoms with Crippen LogP contribution in [0.15, 0.2) is 41.3 Å². The smallest absolute Gasteiger partial charge is 0.339 e. The average molecular weight is 311 g/mol. The summed E-state index contributed by atoms with van der Waals surface area (Å²) in [4.78, 5) is 0.167. The molecular weight excluding hydrogens is 296 g/mol. The van der Waals surface area contributed by atoms with E-state index in [-0.39, 0.29) is 15.7 Å². The van der Waals surface area contributed by atoms with Gasteiger partial charge in [0.2, 0.25) is 0 Å². The molecule has 0 aliphatic heterocycles. The maximum absolute atomic E-state index is 12.4. The van der Waals surface area contributed by atoms with Gasteiger partial charge in [0.1, 0.15) is 4.90 Å². The second-order valence-corrected chi connectivity index (χ2v) is 6.59. The minimum Gasteiger partial charge on any atom is -0.377 e. The zero-order chi connectivity index (χ0) is 14.9. The Bertz CT molecular complexity index is 752. The predicted octanol–water partition coefficient (Wildman–Crippen LogP) is 4.03. The summed E-state index contributed by atoms with van der Waals surface area (Å²) < 4.78 is 29.8. The zero-order valence-electron chi connectivity index (χ0n) is 11.5. The average Bonchev–Trinajstić information content (AvgIpc) is 2.36. The highest BCUT2D eigenvalue weighted by Crippen LogP contribution is 2.28. The van der Waals surface area contributed by atoms with Crippen molar-refractivity contribution < 1.29 is 12.6 Å². The van der Waals surface area contributed by atoms with Gasteiger partial charge in [0.15, 0.2) is 5.75 Å². The van der Waals surface area contributed by atoms with Crippen molar-refractivity contribution in [3.05, 3.63) is 58.1 Å². The monoisotopic (exact) mass is 310 g/mol. The summed E-state index contributed by atoms with van der Waals surface area (Å²) in [6, 6.07) is 9.94. The Morgan fingerprint density at radius 2 is 1.55 bits per heavy atom. The quantitative estimate of drug-likeness (QED) is 0.804. The van der Waals surface area contributed by atoms with Crippen molar-refractivity contribution in [2.24, 2.45) is 0 Å². The lowest BCUT2D eigenvalue weighted by Crippen LogP contribution is -2.12. The molecule has 2 rings (SSSR count). The molecule has 0 unspecified atom stereocenters. The molecule has 0 atom stereocenters. The third kappa shape index (κ3) is 2.97. The van der Waals surface area contributed by atoms with Gasteiger partial charge >= 0.3 is 10.1 Å². The van der Waals surface area contributed by atoms with Crippen molar-refractivity contribution >= 4 is 21.7 Å². The van der Waals surface area contributed by atoms with Crippen LogP contribution in [0.2, 0.25) is 5.02 Å². The molecule has 0 amide bonds. The fourth-order valence-electron chi connectivity index (χ4n) is 1.88. The minimum absolute atomic E-state index is 0.131. The maximum atomic E-state index is 12.4. The van der Waals surface area contributed by atoms with Crippen LogP contribution in [0.3, 0.4) is 0 Å². The molecule has 0 bridgehead atoms. The molecule has 0 spiro atoms. The van der Waals surface area contributed by atoms with Crippen molar-refractivity contribution in [2.45, 2.75) is 25.7 Å². The maximum Gasteiger partial charge on any atom is 0.339 e. The lowest BCUT2D eigenvalue weighted by molar-refractivity contribution is 0.485. The molecule has 2 aromatic rings. The standard InChI is InChI=1S/C15H15ClO3S/c1-10-8-12(3)15(9-11(10)2)20(17,18)19-14-7-5-4-6-13(14)16/h4-9H,1-3H3. The molecule has 5 heteroatoms. The number of benzene rings is 2. The fourth-order valence-corrected chi connectivity index (χ4v) is 3.34. The summed E-state index contributed by atoms with van der Waals surface area (Å²) in [6.45, 7) is 5.55. The first kappa shape index (κ1) is 14.9. The Hall–Kier alpha value is -1.52. The summed E-state index contributed by atoms with van der Waals surface area (Å²) in [5.41, 5.74) is 2.59. The number of para-hydroxylation sites is 1. The van der Waals surface area contributed by atoms with E-state index in [1.54, 1.807) is 31.2 Å².